The molecule has 0 atom stereocenters. The fourth-order valence-electron chi connectivity index (χ4n) is 2.68. The molecule has 24 heavy (non-hydrogen) atoms. The number of hydrogen-bond donors (Lipinski definition) is 0. The van der Waals surface area contributed by atoms with Gasteiger partial charge in [0.1, 0.15) is 0 Å². The van der Waals surface area contributed by atoms with E-state index in [2.05, 4.69) is 22.0 Å². The largest absolute Gasteiger partial charge is 0.401 e. The molecule has 3 heterocycles. The molecule has 0 unspecified atom stereocenters. The average Bonchev–Trinajstić information content (AvgIpc) is 3.27. The number of aliphatic imine (C=N–C) groups is 1. The lowest BCUT2D eigenvalue weighted by Crippen LogP contribution is -2.36. The second-order valence-corrected chi connectivity index (χ2v) is 6.45. The number of anilines is 1. The summed E-state index contributed by atoms with van der Waals surface area (Å²) in [6.07, 6.45) is 1.76. The summed E-state index contributed by atoms with van der Waals surface area (Å²) < 4.78 is 10.6. The second kappa shape index (κ2) is 6.59. The molecule has 0 N–H and O–H groups in total. The molecule has 0 aliphatic carbocycles. The number of morpholine rings is 1. The molecule has 4 rings (SSSR count). The molecule has 0 spiro atoms. The van der Waals surface area contributed by atoms with Gasteiger partial charge in [-0.25, -0.2) is 9.79 Å². The van der Waals surface area contributed by atoms with Crippen molar-refractivity contribution in [3.05, 3.63) is 57.9 Å². The highest BCUT2D eigenvalue weighted by Crippen LogP contribution is 2.23. The van der Waals surface area contributed by atoms with Crippen LogP contribution in [0, 0.1) is 0 Å². The number of cyclic esters (lactones) is 1. The van der Waals surface area contributed by atoms with E-state index in [1.807, 2.05) is 29.6 Å². The number of thiophene rings is 1. The first-order valence-electron chi connectivity index (χ1n) is 7.79. The van der Waals surface area contributed by atoms with Crippen molar-refractivity contribution in [2.24, 2.45) is 4.99 Å². The summed E-state index contributed by atoms with van der Waals surface area (Å²) in [5.74, 6) is -0.0261. The number of rotatable bonds is 3. The Morgan fingerprint density at radius 3 is 2.62 bits per heavy atom. The first-order chi connectivity index (χ1) is 11.8. The molecule has 2 aromatic rings. The third kappa shape index (κ3) is 3.11. The van der Waals surface area contributed by atoms with Gasteiger partial charge in [0.15, 0.2) is 5.70 Å². The van der Waals surface area contributed by atoms with Crippen LogP contribution in [0.3, 0.4) is 0 Å². The Balaban J connectivity index is 1.53. The molecule has 1 aromatic heterocycles. The van der Waals surface area contributed by atoms with Gasteiger partial charge in [0, 0.05) is 18.8 Å². The molecule has 0 saturated carbocycles. The maximum atomic E-state index is 12.0. The highest BCUT2D eigenvalue weighted by Gasteiger charge is 2.24. The SMILES string of the molecule is O=C1OC(c2cccs2)=N/C1=C\c1ccc(N2CCOCC2)cc1. The van der Waals surface area contributed by atoms with E-state index in [4.69, 9.17) is 9.47 Å². The van der Waals surface area contributed by atoms with Gasteiger partial charge in [-0.05, 0) is 35.2 Å². The van der Waals surface area contributed by atoms with Crippen LogP contribution in [0.4, 0.5) is 5.69 Å². The van der Waals surface area contributed by atoms with Gasteiger partial charge in [-0.15, -0.1) is 11.3 Å². The smallest absolute Gasteiger partial charge is 0.363 e. The van der Waals surface area contributed by atoms with Gasteiger partial charge in [-0.3, -0.25) is 0 Å². The highest BCUT2D eigenvalue weighted by atomic mass is 32.1. The molecule has 1 aromatic carbocycles. The van der Waals surface area contributed by atoms with Crippen LogP contribution in [0.15, 0.2) is 52.5 Å². The lowest BCUT2D eigenvalue weighted by molar-refractivity contribution is -0.129. The van der Waals surface area contributed by atoms with Crippen molar-refractivity contribution in [3.63, 3.8) is 0 Å². The Kier molecular flexibility index (Phi) is 4.15. The molecule has 0 radical (unpaired) electrons. The molecule has 0 amide bonds. The Labute approximate surface area is 143 Å². The first-order valence-corrected chi connectivity index (χ1v) is 8.67. The minimum absolute atomic E-state index is 0.331. The van der Waals surface area contributed by atoms with E-state index in [-0.39, 0.29) is 0 Å². The Morgan fingerprint density at radius 2 is 1.92 bits per heavy atom. The van der Waals surface area contributed by atoms with Gasteiger partial charge in [-0.2, -0.15) is 0 Å². The van der Waals surface area contributed by atoms with Crippen molar-refractivity contribution in [2.45, 2.75) is 0 Å². The fourth-order valence-corrected chi connectivity index (χ4v) is 3.32. The van der Waals surface area contributed by atoms with Gasteiger partial charge < -0.3 is 14.4 Å². The van der Waals surface area contributed by atoms with Crippen LogP contribution in [0.25, 0.3) is 6.08 Å². The summed E-state index contributed by atoms with van der Waals surface area (Å²) in [6.45, 7) is 3.33. The van der Waals surface area contributed by atoms with Crippen LogP contribution in [-0.2, 0) is 14.3 Å². The number of hydrogen-bond acceptors (Lipinski definition) is 6. The summed E-state index contributed by atoms with van der Waals surface area (Å²) in [5.41, 5.74) is 2.42. The fraction of sp³-hybridized carbons (Fsp3) is 0.222. The van der Waals surface area contributed by atoms with Crippen LogP contribution in [0.5, 0.6) is 0 Å². The first kappa shape index (κ1) is 15.1. The standard InChI is InChI=1S/C18H16N2O3S/c21-18-15(19-17(23-18)16-2-1-11-24-16)12-13-3-5-14(6-4-13)20-7-9-22-10-8-20/h1-6,11-12H,7-10H2/b15-12-. The zero-order valence-corrected chi connectivity index (χ0v) is 13.8. The zero-order chi connectivity index (χ0) is 16.4. The molecular formula is C18H16N2O3S. The van der Waals surface area contributed by atoms with Crippen LogP contribution >= 0.6 is 11.3 Å². The van der Waals surface area contributed by atoms with Crippen molar-refractivity contribution in [3.8, 4) is 0 Å². The van der Waals surface area contributed by atoms with E-state index in [0.717, 1.165) is 42.4 Å². The predicted molar refractivity (Wildman–Crippen MR) is 94.4 cm³/mol. The van der Waals surface area contributed by atoms with E-state index in [9.17, 15) is 4.79 Å². The van der Waals surface area contributed by atoms with Crippen LogP contribution < -0.4 is 4.90 Å². The van der Waals surface area contributed by atoms with Gasteiger partial charge in [0.2, 0.25) is 5.90 Å². The maximum absolute atomic E-state index is 12.0. The van der Waals surface area contributed by atoms with E-state index in [0.29, 0.717) is 11.6 Å². The minimum Gasteiger partial charge on any atom is -0.401 e. The maximum Gasteiger partial charge on any atom is 0.363 e. The monoisotopic (exact) mass is 340 g/mol. The van der Waals surface area contributed by atoms with E-state index < -0.39 is 5.97 Å². The van der Waals surface area contributed by atoms with E-state index in [1.54, 1.807) is 6.08 Å². The average molecular weight is 340 g/mol. The molecule has 5 nitrogen and oxygen atoms in total. The van der Waals surface area contributed by atoms with Crippen molar-refractivity contribution in [2.75, 3.05) is 31.2 Å². The quantitative estimate of drug-likeness (QED) is 0.637. The molecule has 1 saturated heterocycles. The Morgan fingerprint density at radius 1 is 1.12 bits per heavy atom. The second-order valence-electron chi connectivity index (χ2n) is 5.50. The number of carbonyl (C=O) groups is 1. The van der Waals surface area contributed by atoms with Crippen molar-refractivity contribution < 1.29 is 14.3 Å². The number of carbonyl (C=O) groups excluding carboxylic acids is 1. The highest BCUT2D eigenvalue weighted by molar-refractivity contribution is 7.12. The van der Waals surface area contributed by atoms with Crippen molar-refractivity contribution >= 4 is 35.0 Å². The van der Waals surface area contributed by atoms with Gasteiger partial charge in [0.05, 0.1) is 18.1 Å². The third-order valence-electron chi connectivity index (χ3n) is 3.93. The van der Waals surface area contributed by atoms with Crippen molar-refractivity contribution in [1.29, 1.82) is 0 Å². The lowest BCUT2D eigenvalue weighted by atomic mass is 10.1. The summed E-state index contributed by atoms with van der Waals surface area (Å²) in [7, 11) is 0. The summed E-state index contributed by atoms with van der Waals surface area (Å²) in [6, 6.07) is 11.9. The number of esters is 1. The molecule has 0 bridgehead atoms. The number of benzene rings is 1. The Bertz CT molecular complexity index is 788. The molecule has 2 aliphatic heterocycles. The van der Waals surface area contributed by atoms with Gasteiger partial charge in [-0.1, -0.05) is 18.2 Å². The summed E-state index contributed by atoms with van der Waals surface area (Å²) in [5, 5.41) is 1.93. The van der Waals surface area contributed by atoms with E-state index in [1.165, 1.54) is 11.3 Å². The predicted octanol–water partition coefficient (Wildman–Crippen LogP) is 2.93. The molecule has 1 fully saturated rings. The number of nitrogens with zero attached hydrogens (tertiary/aromatic N) is 2. The van der Waals surface area contributed by atoms with Crippen LogP contribution in [-0.4, -0.2) is 38.2 Å². The Hall–Kier alpha value is -2.44. The lowest BCUT2D eigenvalue weighted by Gasteiger charge is -2.28. The topological polar surface area (TPSA) is 51.1 Å². The minimum atomic E-state index is -0.407. The van der Waals surface area contributed by atoms with Crippen LogP contribution in [0.2, 0.25) is 0 Å². The molecule has 2 aliphatic rings. The van der Waals surface area contributed by atoms with Gasteiger partial charge in [0.25, 0.3) is 0 Å². The number of ether oxygens (including phenoxy) is 2. The molecule has 122 valence electrons. The van der Waals surface area contributed by atoms with Gasteiger partial charge >= 0.3 is 5.97 Å². The van der Waals surface area contributed by atoms with Crippen molar-refractivity contribution in [1.82, 2.24) is 0 Å². The summed E-state index contributed by atoms with van der Waals surface area (Å²) >= 11 is 1.50. The molecular weight excluding hydrogens is 324 g/mol. The van der Waals surface area contributed by atoms with E-state index >= 15 is 0 Å². The summed E-state index contributed by atoms with van der Waals surface area (Å²) in [4.78, 5) is 19.4. The third-order valence-corrected chi connectivity index (χ3v) is 4.78. The zero-order valence-electron chi connectivity index (χ0n) is 13.0. The molecule has 6 heteroatoms. The van der Waals surface area contributed by atoms with Crippen LogP contribution in [0.1, 0.15) is 10.4 Å². The normalized spacial score (nSPS) is 19.5.